The maximum atomic E-state index is 11.9. The van der Waals surface area contributed by atoms with Gasteiger partial charge >= 0.3 is 6.03 Å². The Bertz CT molecular complexity index is 802. The number of hydrogen-bond acceptors (Lipinski definition) is 3. The second-order valence-corrected chi connectivity index (χ2v) is 7.26. The summed E-state index contributed by atoms with van der Waals surface area (Å²) in [6.07, 6.45) is 1.85. The van der Waals surface area contributed by atoms with Gasteiger partial charge in [0.2, 0.25) is 10.0 Å². The molecule has 0 unspecified atom stereocenters. The summed E-state index contributed by atoms with van der Waals surface area (Å²) >= 11 is 0. The van der Waals surface area contributed by atoms with Crippen LogP contribution in [0.15, 0.2) is 48.5 Å². The second kappa shape index (κ2) is 7.83. The number of amides is 2. The van der Waals surface area contributed by atoms with E-state index < -0.39 is 10.0 Å². The number of sulfonamides is 1. The molecule has 0 aromatic heterocycles. The summed E-state index contributed by atoms with van der Waals surface area (Å²) < 4.78 is 24.6. The van der Waals surface area contributed by atoms with E-state index in [0.29, 0.717) is 17.9 Å². The van der Waals surface area contributed by atoms with E-state index in [9.17, 15) is 13.2 Å². The molecule has 2 amide bonds. The fraction of sp³-hybridized carbons (Fsp3) is 0.235. The van der Waals surface area contributed by atoms with Crippen molar-refractivity contribution in [3.63, 3.8) is 0 Å². The highest BCUT2D eigenvalue weighted by Gasteiger charge is 2.04. The van der Waals surface area contributed by atoms with Gasteiger partial charge in [-0.05, 0) is 48.7 Å². The van der Waals surface area contributed by atoms with Crippen LogP contribution in [0.4, 0.5) is 16.2 Å². The standard InChI is InChI=1S/C17H21N3O3S/c1-13-5-3-4-6-14(13)11-12-18-17(21)19-15-7-9-16(10-8-15)20-24(2,22)23/h3-10,20H,11-12H2,1-2H3,(H2,18,19,21). The molecule has 3 N–H and O–H groups in total. The van der Waals surface area contributed by atoms with E-state index >= 15 is 0 Å². The molecule has 0 saturated carbocycles. The number of nitrogens with one attached hydrogen (secondary N) is 3. The average molecular weight is 347 g/mol. The van der Waals surface area contributed by atoms with Crippen LogP contribution < -0.4 is 15.4 Å². The minimum absolute atomic E-state index is 0.299. The van der Waals surface area contributed by atoms with Gasteiger partial charge in [-0.25, -0.2) is 13.2 Å². The lowest BCUT2D eigenvalue weighted by atomic mass is 10.1. The van der Waals surface area contributed by atoms with Crippen LogP contribution >= 0.6 is 0 Å². The molecule has 0 heterocycles. The van der Waals surface area contributed by atoms with Crippen molar-refractivity contribution < 1.29 is 13.2 Å². The SMILES string of the molecule is Cc1ccccc1CCNC(=O)Nc1ccc(NS(C)(=O)=O)cc1. The molecule has 0 aliphatic heterocycles. The zero-order valence-corrected chi connectivity index (χ0v) is 14.5. The summed E-state index contributed by atoms with van der Waals surface area (Å²) in [7, 11) is -3.30. The van der Waals surface area contributed by atoms with E-state index in [2.05, 4.69) is 15.4 Å². The third-order valence-corrected chi connectivity index (χ3v) is 3.99. The van der Waals surface area contributed by atoms with Gasteiger partial charge in [-0.3, -0.25) is 4.72 Å². The third-order valence-electron chi connectivity index (χ3n) is 3.39. The molecule has 128 valence electrons. The maximum absolute atomic E-state index is 11.9. The fourth-order valence-corrected chi connectivity index (χ4v) is 2.78. The van der Waals surface area contributed by atoms with Crippen molar-refractivity contribution in [1.29, 1.82) is 0 Å². The number of rotatable bonds is 6. The fourth-order valence-electron chi connectivity index (χ4n) is 2.21. The number of carbonyl (C=O) groups excluding carboxylic acids is 1. The minimum Gasteiger partial charge on any atom is -0.338 e. The maximum Gasteiger partial charge on any atom is 0.319 e. The molecule has 0 aliphatic carbocycles. The number of aryl methyl sites for hydroxylation is 1. The van der Waals surface area contributed by atoms with E-state index in [4.69, 9.17) is 0 Å². The summed E-state index contributed by atoms with van der Waals surface area (Å²) in [5.41, 5.74) is 3.44. The van der Waals surface area contributed by atoms with Gasteiger partial charge in [0.1, 0.15) is 0 Å². The minimum atomic E-state index is -3.30. The van der Waals surface area contributed by atoms with Gasteiger partial charge < -0.3 is 10.6 Å². The van der Waals surface area contributed by atoms with E-state index in [1.807, 2.05) is 31.2 Å². The van der Waals surface area contributed by atoms with Crippen LogP contribution in [0.2, 0.25) is 0 Å². The van der Waals surface area contributed by atoms with Crippen molar-refractivity contribution in [3.05, 3.63) is 59.7 Å². The van der Waals surface area contributed by atoms with E-state index in [-0.39, 0.29) is 6.03 Å². The molecular formula is C17H21N3O3S. The number of anilines is 2. The highest BCUT2D eigenvalue weighted by atomic mass is 32.2. The first-order chi connectivity index (χ1) is 11.3. The van der Waals surface area contributed by atoms with Crippen molar-refractivity contribution in [2.24, 2.45) is 0 Å². The Morgan fingerprint density at radius 1 is 1.00 bits per heavy atom. The molecule has 0 saturated heterocycles. The van der Waals surface area contributed by atoms with Gasteiger partial charge in [0.15, 0.2) is 0 Å². The monoisotopic (exact) mass is 347 g/mol. The summed E-state index contributed by atoms with van der Waals surface area (Å²) in [6, 6.07) is 14.2. The van der Waals surface area contributed by atoms with Crippen LogP contribution in [0.1, 0.15) is 11.1 Å². The molecular weight excluding hydrogens is 326 g/mol. The van der Waals surface area contributed by atoms with Crippen molar-refractivity contribution in [3.8, 4) is 0 Å². The van der Waals surface area contributed by atoms with Crippen molar-refractivity contribution in [1.82, 2.24) is 5.32 Å². The van der Waals surface area contributed by atoms with Gasteiger partial charge in [-0.1, -0.05) is 24.3 Å². The predicted molar refractivity (Wildman–Crippen MR) is 96.8 cm³/mol. The first-order valence-electron chi connectivity index (χ1n) is 7.51. The summed E-state index contributed by atoms with van der Waals surface area (Å²) in [5, 5.41) is 5.50. The Hall–Kier alpha value is -2.54. The number of hydrogen-bond donors (Lipinski definition) is 3. The third kappa shape index (κ3) is 5.92. The molecule has 2 aromatic carbocycles. The second-order valence-electron chi connectivity index (χ2n) is 5.51. The molecule has 2 rings (SSSR count). The van der Waals surface area contributed by atoms with Gasteiger partial charge in [-0.2, -0.15) is 0 Å². The first kappa shape index (κ1) is 17.8. The van der Waals surface area contributed by atoms with Crippen LogP contribution in [0.3, 0.4) is 0 Å². The summed E-state index contributed by atoms with van der Waals surface area (Å²) in [5.74, 6) is 0. The first-order valence-corrected chi connectivity index (χ1v) is 9.40. The van der Waals surface area contributed by atoms with E-state index in [1.54, 1.807) is 24.3 Å². The summed E-state index contributed by atoms with van der Waals surface area (Å²) in [6.45, 7) is 2.58. The van der Waals surface area contributed by atoms with Gasteiger partial charge in [-0.15, -0.1) is 0 Å². The number of urea groups is 1. The number of carbonyl (C=O) groups is 1. The van der Waals surface area contributed by atoms with Crippen molar-refractivity contribution in [2.45, 2.75) is 13.3 Å². The van der Waals surface area contributed by atoms with Crippen LogP contribution in [0.25, 0.3) is 0 Å². The lowest BCUT2D eigenvalue weighted by Crippen LogP contribution is -2.30. The quantitative estimate of drug-likeness (QED) is 0.751. The lowest BCUT2D eigenvalue weighted by Gasteiger charge is -2.10. The molecule has 0 fully saturated rings. The molecule has 0 atom stereocenters. The van der Waals surface area contributed by atoms with Gasteiger partial charge in [0.05, 0.1) is 6.26 Å². The van der Waals surface area contributed by atoms with Gasteiger partial charge in [0, 0.05) is 17.9 Å². The Morgan fingerprint density at radius 2 is 1.62 bits per heavy atom. The number of benzene rings is 2. The smallest absolute Gasteiger partial charge is 0.319 e. The zero-order chi connectivity index (χ0) is 17.6. The Balaban J connectivity index is 1.81. The Kier molecular flexibility index (Phi) is 5.81. The van der Waals surface area contributed by atoms with Crippen LogP contribution in [0.5, 0.6) is 0 Å². The normalized spacial score (nSPS) is 10.9. The lowest BCUT2D eigenvalue weighted by molar-refractivity contribution is 0.252. The molecule has 2 aromatic rings. The zero-order valence-electron chi connectivity index (χ0n) is 13.7. The Labute approximate surface area is 142 Å². The van der Waals surface area contributed by atoms with Crippen LogP contribution in [0, 0.1) is 6.92 Å². The molecule has 6 nitrogen and oxygen atoms in total. The molecule has 0 bridgehead atoms. The summed E-state index contributed by atoms with van der Waals surface area (Å²) in [4.78, 5) is 11.9. The molecule has 0 aliphatic rings. The molecule has 0 radical (unpaired) electrons. The van der Waals surface area contributed by atoms with Crippen LogP contribution in [-0.2, 0) is 16.4 Å². The molecule has 0 spiro atoms. The van der Waals surface area contributed by atoms with Crippen molar-refractivity contribution >= 4 is 27.4 Å². The topological polar surface area (TPSA) is 87.3 Å². The van der Waals surface area contributed by atoms with Crippen molar-refractivity contribution in [2.75, 3.05) is 22.8 Å². The highest BCUT2D eigenvalue weighted by Crippen LogP contribution is 2.14. The van der Waals surface area contributed by atoms with E-state index in [0.717, 1.165) is 12.7 Å². The highest BCUT2D eigenvalue weighted by molar-refractivity contribution is 7.92. The Morgan fingerprint density at radius 3 is 2.25 bits per heavy atom. The van der Waals surface area contributed by atoms with E-state index in [1.165, 1.54) is 11.1 Å². The average Bonchev–Trinajstić information content (AvgIpc) is 2.50. The largest absolute Gasteiger partial charge is 0.338 e. The van der Waals surface area contributed by atoms with Crippen LogP contribution in [-0.4, -0.2) is 27.2 Å². The predicted octanol–water partition coefficient (Wildman–Crippen LogP) is 2.73. The molecule has 24 heavy (non-hydrogen) atoms. The molecule has 7 heteroatoms. The van der Waals surface area contributed by atoms with Gasteiger partial charge in [0.25, 0.3) is 0 Å².